The van der Waals surface area contributed by atoms with Gasteiger partial charge in [-0.3, -0.25) is 4.98 Å². The molecule has 0 fully saturated rings. The molecular formula is C10H14N2. The molecule has 1 aliphatic heterocycles. The molecule has 0 radical (unpaired) electrons. The zero-order valence-electron chi connectivity index (χ0n) is 7.65. The lowest BCUT2D eigenvalue weighted by Crippen LogP contribution is -2.13. The maximum atomic E-state index is 4.45. The Morgan fingerprint density at radius 3 is 3.08 bits per heavy atom. The van der Waals surface area contributed by atoms with Crippen LogP contribution in [0.3, 0.4) is 0 Å². The van der Waals surface area contributed by atoms with Gasteiger partial charge in [0.25, 0.3) is 0 Å². The van der Waals surface area contributed by atoms with E-state index in [1.54, 1.807) is 0 Å². The van der Waals surface area contributed by atoms with E-state index in [0.29, 0.717) is 0 Å². The Bertz CT molecular complexity index is 305. The van der Waals surface area contributed by atoms with Crippen molar-refractivity contribution in [2.45, 2.75) is 26.7 Å². The number of hydrogen-bond acceptors (Lipinski definition) is 2. The number of fused-ring (bicyclic) bond motifs is 1. The van der Waals surface area contributed by atoms with Gasteiger partial charge in [-0.1, -0.05) is 0 Å². The number of hydrogen-bond donors (Lipinski definition) is 1. The molecule has 12 heavy (non-hydrogen) atoms. The van der Waals surface area contributed by atoms with Crippen molar-refractivity contribution in [3.05, 3.63) is 23.0 Å². The first-order valence-corrected chi connectivity index (χ1v) is 4.48. The predicted molar refractivity (Wildman–Crippen MR) is 50.5 cm³/mol. The second-order valence-electron chi connectivity index (χ2n) is 3.41. The summed E-state index contributed by atoms with van der Waals surface area (Å²) in [6.07, 6.45) is 2.42. The van der Waals surface area contributed by atoms with Gasteiger partial charge in [0.15, 0.2) is 0 Å². The third-order valence-corrected chi connectivity index (χ3v) is 2.38. The third kappa shape index (κ3) is 1.17. The summed E-state index contributed by atoms with van der Waals surface area (Å²) in [5.74, 6) is 0. The largest absolute Gasteiger partial charge is 0.385 e. The zero-order chi connectivity index (χ0) is 8.55. The number of pyridine rings is 1. The molecule has 2 rings (SSSR count). The van der Waals surface area contributed by atoms with Crippen LogP contribution in [0, 0.1) is 13.8 Å². The standard InChI is InChI=1S/C10H14N2/c1-7-6-10-9(8(2)12-7)4-3-5-11-10/h6,11H,3-5H2,1-2H3. The van der Waals surface area contributed by atoms with Crippen molar-refractivity contribution in [1.82, 2.24) is 4.98 Å². The quantitative estimate of drug-likeness (QED) is 0.631. The van der Waals surface area contributed by atoms with Crippen molar-refractivity contribution >= 4 is 5.69 Å². The van der Waals surface area contributed by atoms with Crippen LogP contribution in [-0.4, -0.2) is 11.5 Å². The molecule has 1 aromatic rings. The number of aromatic nitrogens is 1. The second kappa shape index (κ2) is 2.77. The molecule has 0 unspecified atom stereocenters. The van der Waals surface area contributed by atoms with Crippen molar-refractivity contribution in [1.29, 1.82) is 0 Å². The summed E-state index contributed by atoms with van der Waals surface area (Å²) in [6, 6.07) is 2.14. The summed E-state index contributed by atoms with van der Waals surface area (Å²) < 4.78 is 0. The Balaban J connectivity index is 2.53. The van der Waals surface area contributed by atoms with Gasteiger partial charge < -0.3 is 5.32 Å². The lowest BCUT2D eigenvalue weighted by Gasteiger charge is -2.19. The van der Waals surface area contributed by atoms with Gasteiger partial charge in [0.2, 0.25) is 0 Å². The van der Waals surface area contributed by atoms with E-state index in [2.05, 4.69) is 23.3 Å². The Morgan fingerprint density at radius 2 is 2.25 bits per heavy atom. The van der Waals surface area contributed by atoms with Crippen LogP contribution in [0.15, 0.2) is 6.07 Å². The third-order valence-electron chi connectivity index (χ3n) is 2.38. The summed E-state index contributed by atoms with van der Waals surface area (Å²) in [4.78, 5) is 4.45. The molecule has 0 aliphatic carbocycles. The molecule has 0 bridgehead atoms. The molecule has 0 saturated carbocycles. The van der Waals surface area contributed by atoms with Crippen LogP contribution in [-0.2, 0) is 6.42 Å². The molecule has 0 spiro atoms. The van der Waals surface area contributed by atoms with Crippen LogP contribution >= 0.6 is 0 Å². The smallest absolute Gasteiger partial charge is 0.0428 e. The molecule has 2 heterocycles. The highest BCUT2D eigenvalue weighted by atomic mass is 14.9. The maximum absolute atomic E-state index is 4.45. The topological polar surface area (TPSA) is 24.9 Å². The Hall–Kier alpha value is -1.05. The van der Waals surface area contributed by atoms with E-state index >= 15 is 0 Å². The molecule has 0 amide bonds. The van der Waals surface area contributed by atoms with Crippen LogP contribution in [0.25, 0.3) is 0 Å². The number of rotatable bonds is 0. The van der Waals surface area contributed by atoms with Crippen molar-refractivity contribution in [2.24, 2.45) is 0 Å². The summed E-state index contributed by atoms with van der Waals surface area (Å²) >= 11 is 0. The predicted octanol–water partition coefficient (Wildman–Crippen LogP) is 2.06. The van der Waals surface area contributed by atoms with Gasteiger partial charge >= 0.3 is 0 Å². The molecule has 64 valence electrons. The molecule has 1 N–H and O–H groups in total. The van der Waals surface area contributed by atoms with Crippen molar-refractivity contribution in [3.8, 4) is 0 Å². The van der Waals surface area contributed by atoms with E-state index < -0.39 is 0 Å². The summed E-state index contributed by atoms with van der Waals surface area (Å²) in [5, 5.41) is 3.40. The fourth-order valence-corrected chi connectivity index (χ4v) is 1.82. The fourth-order valence-electron chi connectivity index (χ4n) is 1.82. The first kappa shape index (κ1) is 7.59. The molecule has 2 nitrogen and oxygen atoms in total. The minimum Gasteiger partial charge on any atom is -0.385 e. The minimum absolute atomic E-state index is 1.11. The Morgan fingerprint density at radius 1 is 1.42 bits per heavy atom. The normalized spacial score (nSPS) is 15.2. The van der Waals surface area contributed by atoms with Crippen LogP contribution in [0.2, 0.25) is 0 Å². The molecule has 2 heteroatoms. The molecule has 0 atom stereocenters. The number of nitrogens with one attached hydrogen (secondary N) is 1. The van der Waals surface area contributed by atoms with E-state index in [-0.39, 0.29) is 0 Å². The highest BCUT2D eigenvalue weighted by Gasteiger charge is 2.11. The maximum Gasteiger partial charge on any atom is 0.0428 e. The molecule has 0 saturated heterocycles. The van der Waals surface area contributed by atoms with E-state index in [0.717, 1.165) is 12.2 Å². The van der Waals surface area contributed by atoms with Crippen molar-refractivity contribution in [2.75, 3.05) is 11.9 Å². The van der Waals surface area contributed by atoms with Crippen LogP contribution < -0.4 is 5.32 Å². The van der Waals surface area contributed by atoms with Crippen molar-refractivity contribution < 1.29 is 0 Å². The van der Waals surface area contributed by atoms with Crippen LogP contribution in [0.1, 0.15) is 23.4 Å². The summed E-state index contributed by atoms with van der Waals surface area (Å²) in [7, 11) is 0. The molecule has 0 aromatic carbocycles. The molecule has 1 aromatic heterocycles. The number of anilines is 1. The van der Waals surface area contributed by atoms with Gasteiger partial charge in [0, 0.05) is 23.6 Å². The van der Waals surface area contributed by atoms with E-state index in [1.165, 1.54) is 29.8 Å². The number of nitrogens with zero attached hydrogens (tertiary/aromatic N) is 1. The lowest BCUT2D eigenvalue weighted by molar-refractivity contribution is 0.812. The van der Waals surface area contributed by atoms with Gasteiger partial charge in [0.05, 0.1) is 0 Å². The fraction of sp³-hybridized carbons (Fsp3) is 0.500. The van der Waals surface area contributed by atoms with Gasteiger partial charge in [-0.2, -0.15) is 0 Å². The SMILES string of the molecule is Cc1cc2c(c(C)n1)CCCN2. The Kier molecular flexibility index (Phi) is 1.75. The van der Waals surface area contributed by atoms with E-state index in [9.17, 15) is 0 Å². The molecule has 1 aliphatic rings. The lowest BCUT2D eigenvalue weighted by atomic mass is 10.0. The van der Waals surface area contributed by atoms with Gasteiger partial charge in [0.1, 0.15) is 0 Å². The van der Waals surface area contributed by atoms with Gasteiger partial charge in [-0.15, -0.1) is 0 Å². The van der Waals surface area contributed by atoms with E-state index in [1.807, 2.05) is 6.92 Å². The average molecular weight is 162 g/mol. The van der Waals surface area contributed by atoms with Crippen LogP contribution in [0.5, 0.6) is 0 Å². The van der Waals surface area contributed by atoms with Crippen LogP contribution in [0.4, 0.5) is 5.69 Å². The van der Waals surface area contributed by atoms with Crippen molar-refractivity contribution in [3.63, 3.8) is 0 Å². The van der Waals surface area contributed by atoms with Gasteiger partial charge in [-0.25, -0.2) is 0 Å². The van der Waals surface area contributed by atoms with Gasteiger partial charge in [-0.05, 0) is 38.3 Å². The highest BCUT2D eigenvalue weighted by molar-refractivity contribution is 5.55. The first-order valence-electron chi connectivity index (χ1n) is 4.48. The highest BCUT2D eigenvalue weighted by Crippen LogP contribution is 2.24. The number of aryl methyl sites for hydroxylation is 2. The molecular weight excluding hydrogens is 148 g/mol. The minimum atomic E-state index is 1.11. The Labute approximate surface area is 73.0 Å². The summed E-state index contributed by atoms with van der Waals surface area (Å²) in [6.45, 7) is 5.25. The second-order valence-corrected chi connectivity index (χ2v) is 3.41. The van der Waals surface area contributed by atoms with E-state index in [4.69, 9.17) is 0 Å². The monoisotopic (exact) mass is 162 g/mol. The average Bonchev–Trinajstić information content (AvgIpc) is 2.04. The zero-order valence-corrected chi connectivity index (χ0v) is 7.65. The first-order chi connectivity index (χ1) is 5.77. The summed E-state index contributed by atoms with van der Waals surface area (Å²) in [5.41, 5.74) is 5.01.